The molecule has 0 unspecified atom stereocenters. The van der Waals surface area contributed by atoms with Gasteiger partial charge in [0, 0.05) is 30.5 Å². The van der Waals surface area contributed by atoms with Crippen LogP contribution in [-0.4, -0.2) is 26.0 Å². The summed E-state index contributed by atoms with van der Waals surface area (Å²) in [6, 6.07) is 5.13. The largest absolute Gasteiger partial charge is 0.319 e. The normalized spacial score (nSPS) is 19.6. The molecular formula is C16H21FN2O. The van der Waals surface area contributed by atoms with Crippen molar-refractivity contribution in [1.82, 2.24) is 5.32 Å². The molecule has 4 heteroatoms. The van der Waals surface area contributed by atoms with Crippen LogP contribution in [0.4, 0.5) is 10.1 Å². The lowest BCUT2D eigenvalue weighted by atomic mass is 9.80. The number of rotatable bonds is 3. The molecule has 1 aromatic rings. The van der Waals surface area contributed by atoms with Gasteiger partial charge in [0.05, 0.1) is 5.69 Å². The third-order valence-electron chi connectivity index (χ3n) is 4.72. The average molecular weight is 276 g/mol. The molecule has 2 aliphatic rings. The molecule has 3 nitrogen and oxygen atoms in total. The molecule has 1 N–H and O–H groups in total. The topological polar surface area (TPSA) is 32.3 Å². The minimum atomic E-state index is -0.145. The highest BCUT2D eigenvalue weighted by Crippen LogP contribution is 2.51. The van der Waals surface area contributed by atoms with E-state index in [4.69, 9.17) is 0 Å². The van der Waals surface area contributed by atoms with Crippen LogP contribution in [0.2, 0.25) is 0 Å². The molecule has 108 valence electrons. The maximum absolute atomic E-state index is 14.3. The van der Waals surface area contributed by atoms with E-state index in [0.717, 1.165) is 36.9 Å². The van der Waals surface area contributed by atoms with Crippen LogP contribution in [0, 0.1) is 5.82 Å². The summed E-state index contributed by atoms with van der Waals surface area (Å²) in [5.41, 5.74) is 1.46. The third-order valence-corrected chi connectivity index (χ3v) is 4.72. The number of hydrogen-bond donors (Lipinski definition) is 1. The van der Waals surface area contributed by atoms with Crippen molar-refractivity contribution in [2.45, 2.75) is 37.5 Å². The lowest BCUT2D eigenvalue weighted by Gasteiger charge is -2.24. The van der Waals surface area contributed by atoms with Crippen LogP contribution in [0.5, 0.6) is 0 Å². The van der Waals surface area contributed by atoms with Crippen LogP contribution in [-0.2, 0) is 10.2 Å². The summed E-state index contributed by atoms with van der Waals surface area (Å²) in [6.45, 7) is 1.32. The Kier molecular flexibility index (Phi) is 3.50. The minimum absolute atomic E-state index is 0.0926. The molecule has 1 aliphatic carbocycles. The molecule has 1 aliphatic heterocycles. The molecule has 1 spiro atoms. The lowest BCUT2D eigenvalue weighted by Crippen LogP contribution is -2.36. The third kappa shape index (κ3) is 2.03. The number of benzene rings is 1. The minimum Gasteiger partial charge on any atom is -0.319 e. The van der Waals surface area contributed by atoms with E-state index in [-0.39, 0.29) is 17.1 Å². The van der Waals surface area contributed by atoms with Gasteiger partial charge in [-0.25, -0.2) is 4.39 Å². The van der Waals surface area contributed by atoms with Gasteiger partial charge in [-0.1, -0.05) is 18.9 Å². The predicted octanol–water partition coefficient (Wildman–Crippen LogP) is 2.59. The number of anilines is 1. The Morgan fingerprint density at radius 2 is 2.15 bits per heavy atom. The van der Waals surface area contributed by atoms with Crippen LogP contribution < -0.4 is 10.2 Å². The van der Waals surface area contributed by atoms with Crippen LogP contribution in [0.1, 0.15) is 37.7 Å². The Hall–Kier alpha value is -1.42. The Bertz CT molecular complexity index is 523. The van der Waals surface area contributed by atoms with Crippen molar-refractivity contribution in [2.24, 2.45) is 0 Å². The summed E-state index contributed by atoms with van der Waals surface area (Å²) in [6.07, 6.45) is 4.72. The number of carbonyl (C=O) groups is 1. The lowest BCUT2D eigenvalue weighted by molar-refractivity contribution is -0.118. The number of amides is 1. The fourth-order valence-electron chi connectivity index (χ4n) is 3.78. The first kappa shape index (κ1) is 13.6. The van der Waals surface area contributed by atoms with Crippen LogP contribution >= 0.6 is 0 Å². The number of nitrogens with zero attached hydrogens (tertiary/aromatic N) is 1. The van der Waals surface area contributed by atoms with E-state index >= 15 is 0 Å². The number of halogens is 1. The number of carbonyl (C=O) groups excluding carboxylic acids is 1. The smallest absolute Gasteiger partial charge is 0.228 e. The summed E-state index contributed by atoms with van der Waals surface area (Å²) in [5.74, 6) is -0.0525. The molecule has 1 saturated carbocycles. The SMILES string of the molecule is CNCCC(=O)N1CC2(CCCC2)c2c(F)cccc21. The second-order valence-electron chi connectivity index (χ2n) is 5.95. The van der Waals surface area contributed by atoms with Gasteiger partial charge in [0.15, 0.2) is 0 Å². The summed E-state index contributed by atoms with van der Waals surface area (Å²) in [7, 11) is 1.84. The maximum Gasteiger partial charge on any atom is 0.228 e. The summed E-state index contributed by atoms with van der Waals surface area (Å²) in [5, 5.41) is 3.00. The van der Waals surface area contributed by atoms with Gasteiger partial charge < -0.3 is 10.2 Å². The number of nitrogens with one attached hydrogen (secondary N) is 1. The molecular weight excluding hydrogens is 255 g/mol. The highest BCUT2D eigenvalue weighted by Gasteiger charge is 2.47. The summed E-state index contributed by atoms with van der Waals surface area (Å²) in [4.78, 5) is 14.2. The van der Waals surface area contributed by atoms with Crippen molar-refractivity contribution >= 4 is 11.6 Å². The van der Waals surface area contributed by atoms with Gasteiger partial charge in [0.25, 0.3) is 0 Å². The van der Waals surface area contributed by atoms with Gasteiger partial charge in [-0.3, -0.25) is 4.79 Å². The van der Waals surface area contributed by atoms with Gasteiger partial charge in [-0.2, -0.15) is 0 Å². The second-order valence-corrected chi connectivity index (χ2v) is 5.95. The molecule has 0 radical (unpaired) electrons. The highest BCUT2D eigenvalue weighted by molar-refractivity contribution is 5.96. The molecule has 1 fully saturated rings. The quantitative estimate of drug-likeness (QED) is 0.920. The maximum atomic E-state index is 14.3. The molecule has 0 atom stereocenters. The fourth-order valence-corrected chi connectivity index (χ4v) is 3.78. The molecule has 20 heavy (non-hydrogen) atoms. The first-order valence-corrected chi connectivity index (χ1v) is 7.42. The van der Waals surface area contributed by atoms with E-state index in [1.165, 1.54) is 6.07 Å². The fraction of sp³-hybridized carbons (Fsp3) is 0.562. The van der Waals surface area contributed by atoms with Gasteiger partial charge >= 0.3 is 0 Å². The van der Waals surface area contributed by atoms with E-state index in [0.29, 0.717) is 19.5 Å². The first-order chi connectivity index (χ1) is 9.68. The van der Waals surface area contributed by atoms with Crippen LogP contribution in [0.15, 0.2) is 18.2 Å². The Morgan fingerprint density at radius 1 is 1.40 bits per heavy atom. The predicted molar refractivity (Wildman–Crippen MR) is 77.4 cm³/mol. The van der Waals surface area contributed by atoms with E-state index in [1.807, 2.05) is 13.1 Å². The Balaban J connectivity index is 1.97. The standard InChI is InChI=1S/C16H21FN2O/c1-18-10-7-14(20)19-11-16(8-2-3-9-16)15-12(17)5-4-6-13(15)19/h4-6,18H,2-3,7-11H2,1H3. The van der Waals surface area contributed by atoms with Gasteiger partial charge in [0.2, 0.25) is 5.91 Å². The van der Waals surface area contributed by atoms with Crippen molar-refractivity contribution in [1.29, 1.82) is 0 Å². The van der Waals surface area contributed by atoms with Gasteiger partial charge in [0.1, 0.15) is 5.82 Å². The molecule has 0 aromatic heterocycles. The molecule has 1 heterocycles. The summed E-state index contributed by atoms with van der Waals surface area (Å²) >= 11 is 0. The van der Waals surface area contributed by atoms with Crippen LogP contribution in [0.25, 0.3) is 0 Å². The van der Waals surface area contributed by atoms with E-state index in [9.17, 15) is 9.18 Å². The van der Waals surface area contributed by atoms with Crippen molar-refractivity contribution < 1.29 is 9.18 Å². The zero-order chi connectivity index (χ0) is 14.2. The van der Waals surface area contributed by atoms with Crippen molar-refractivity contribution in [3.05, 3.63) is 29.6 Å². The second kappa shape index (κ2) is 5.17. The Labute approximate surface area is 119 Å². The number of hydrogen-bond acceptors (Lipinski definition) is 2. The van der Waals surface area contributed by atoms with Crippen molar-refractivity contribution in [3.63, 3.8) is 0 Å². The molecule has 1 aromatic carbocycles. The molecule has 0 bridgehead atoms. The molecule has 1 amide bonds. The first-order valence-electron chi connectivity index (χ1n) is 7.42. The van der Waals surface area contributed by atoms with E-state index in [2.05, 4.69) is 5.32 Å². The van der Waals surface area contributed by atoms with Crippen LogP contribution in [0.3, 0.4) is 0 Å². The molecule has 0 saturated heterocycles. The van der Waals surface area contributed by atoms with Gasteiger partial charge in [-0.05, 0) is 32.0 Å². The zero-order valence-electron chi connectivity index (χ0n) is 11.9. The number of fused-ring (bicyclic) bond motifs is 2. The van der Waals surface area contributed by atoms with E-state index < -0.39 is 0 Å². The molecule has 3 rings (SSSR count). The van der Waals surface area contributed by atoms with Crippen molar-refractivity contribution in [3.8, 4) is 0 Å². The van der Waals surface area contributed by atoms with E-state index in [1.54, 1.807) is 11.0 Å². The highest BCUT2D eigenvalue weighted by atomic mass is 19.1. The summed E-state index contributed by atoms with van der Waals surface area (Å²) < 4.78 is 14.3. The average Bonchev–Trinajstić information content (AvgIpc) is 3.04. The Morgan fingerprint density at radius 3 is 2.85 bits per heavy atom. The van der Waals surface area contributed by atoms with Crippen molar-refractivity contribution in [2.75, 3.05) is 25.0 Å². The monoisotopic (exact) mass is 276 g/mol. The van der Waals surface area contributed by atoms with Gasteiger partial charge in [-0.15, -0.1) is 0 Å². The zero-order valence-corrected chi connectivity index (χ0v) is 11.9.